The SMILES string of the molecule is C=CC(C)NC(=O)c1ccc(S(N)(=O)=O)cc1. The van der Waals surface area contributed by atoms with Crippen LogP contribution in [0.2, 0.25) is 0 Å². The molecule has 3 N–H and O–H groups in total. The fourth-order valence-electron chi connectivity index (χ4n) is 1.15. The van der Waals surface area contributed by atoms with E-state index in [1.165, 1.54) is 24.3 Å². The summed E-state index contributed by atoms with van der Waals surface area (Å²) in [5.74, 6) is -0.293. The van der Waals surface area contributed by atoms with E-state index in [1.807, 2.05) is 0 Å². The summed E-state index contributed by atoms with van der Waals surface area (Å²) in [5.41, 5.74) is 0.367. The molecular weight excluding hydrogens is 240 g/mol. The number of sulfonamides is 1. The number of nitrogens with two attached hydrogens (primary N) is 1. The van der Waals surface area contributed by atoms with Crippen molar-refractivity contribution in [3.63, 3.8) is 0 Å². The van der Waals surface area contributed by atoms with E-state index in [9.17, 15) is 13.2 Å². The van der Waals surface area contributed by atoms with Crippen LogP contribution in [0.4, 0.5) is 0 Å². The van der Waals surface area contributed by atoms with Gasteiger partial charge < -0.3 is 5.32 Å². The molecule has 0 radical (unpaired) electrons. The van der Waals surface area contributed by atoms with Gasteiger partial charge in [0.2, 0.25) is 10.0 Å². The van der Waals surface area contributed by atoms with Gasteiger partial charge >= 0.3 is 0 Å². The molecule has 0 aromatic heterocycles. The van der Waals surface area contributed by atoms with Gasteiger partial charge in [0.15, 0.2) is 0 Å². The molecular formula is C11H14N2O3S. The molecule has 1 aromatic rings. The molecule has 17 heavy (non-hydrogen) atoms. The molecule has 0 aliphatic carbocycles. The molecule has 1 unspecified atom stereocenters. The predicted octanol–water partition coefficient (Wildman–Crippen LogP) is 0.638. The molecule has 0 fully saturated rings. The summed E-state index contributed by atoms with van der Waals surface area (Å²) in [6, 6.07) is 5.25. The summed E-state index contributed by atoms with van der Waals surface area (Å²) in [4.78, 5) is 11.6. The zero-order chi connectivity index (χ0) is 13.1. The number of amides is 1. The standard InChI is InChI=1S/C11H14N2O3S/c1-3-8(2)13-11(14)9-4-6-10(7-5-9)17(12,15)16/h3-8H,1H2,2H3,(H,13,14)(H2,12,15,16). The molecule has 0 bridgehead atoms. The average molecular weight is 254 g/mol. The van der Waals surface area contributed by atoms with Crippen LogP contribution in [0.25, 0.3) is 0 Å². The van der Waals surface area contributed by atoms with Crippen molar-refractivity contribution in [1.29, 1.82) is 0 Å². The van der Waals surface area contributed by atoms with Crippen LogP contribution in [0.15, 0.2) is 41.8 Å². The van der Waals surface area contributed by atoms with E-state index in [4.69, 9.17) is 5.14 Å². The van der Waals surface area contributed by atoms with E-state index in [-0.39, 0.29) is 16.8 Å². The van der Waals surface area contributed by atoms with Gasteiger partial charge in [-0.3, -0.25) is 4.79 Å². The molecule has 92 valence electrons. The molecule has 1 aromatic carbocycles. The highest BCUT2D eigenvalue weighted by Gasteiger charge is 2.10. The monoisotopic (exact) mass is 254 g/mol. The zero-order valence-corrected chi connectivity index (χ0v) is 10.2. The Labute approximate surface area is 100 Å². The number of hydrogen-bond donors (Lipinski definition) is 2. The minimum Gasteiger partial charge on any atom is -0.346 e. The Morgan fingerprint density at radius 1 is 1.41 bits per heavy atom. The highest BCUT2D eigenvalue weighted by atomic mass is 32.2. The Morgan fingerprint density at radius 3 is 2.35 bits per heavy atom. The van der Waals surface area contributed by atoms with Crippen molar-refractivity contribution in [3.8, 4) is 0 Å². The Hall–Kier alpha value is -1.66. The third-order valence-corrected chi connectivity index (χ3v) is 3.09. The lowest BCUT2D eigenvalue weighted by Crippen LogP contribution is -2.30. The number of benzene rings is 1. The second-order valence-corrected chi connectivity index (χ2v) is 5.13. The van der Waals surface area contributed by atoms with Crippen molar-refractivity contribution in [3.05, 3.63) is 42.5 Å². The molecule has 0 spiro atoms. The van der Waals surface area contributed by atoms with Crippen LogP contribution in [0, 0.1) is 0 Å². The van der Waals surface area contributed by atoms with Gasteiger partial charge in [0, 0.05) is 11.6 Å². The van der Waals surface area contributed by atoms with Crippen molar-refractivity contribution >= 4 is 15.9 Å². The van der Waals surface area contributed by atoms with Crippen molar-refractivity contribution in [2.75, 3.05) is 0 Å². The molecule has 5 nitrogen and oxygen atoms in total. The molecule has 1 rings (SSSR count). The van der Waals surface area contributed by atoms with Gasteiger partial charge in [-0.2, -0.15) is 0 Å². The largest absolute Gasteiger partial charge is 0.346 e. The molecule has 6 heteroatoms. The first-order valence-corrected chi connectivity index (χ1v) is 6.45. The average Bonchev–Trinajstić information content (AvgIpc) is 2.27. The van der Waals surface area contributed by atoms with Crippen molar-refractivity contribution in [1.82, 2.24) is 5.32 Å². The van der Waals surface area contributed by atoms with E-state index in [0.717, 1.165) is 0 Å². The minimum absolute atomic E-state index is 0.0224. The van der Waals surface area contributed by atoms with E-state index in [1.54, 1.807) is 13.0 Å². The molecule has 1 atom stereocenters. The number of nitrogens with one attached hydrogen (secondary N) is 1. The van der Waals surface area contributed by atoms with Gasteiger partial charge in [0.25, 0.3) is 5.91 Å². The Balaban J connectivity index is 2.88. The van der Waals surface area contributed by atoms with Crippen LogP contribution in [-0.2, 0) is 10.0 Å². The van der Waals surface area contributed by atoms with Crippen LogP contribution in [0.1, 0.15) is 17.3 Å². The summed E-state index contributed by atoms with van der Waals surface area (Å²) in [6.07, 6.45) is 1.59. The molecule has 0 saturated heterocycles. The van der Waals surface area contributed by atoms with Crippen molar-refractivity contribution in [2.45, 2.75) is 17.9 Å². The van der Waals surface area contributed by atoms with Crippen LogP contribution >= 0.6 is 0 Å². The molecule has 0 aliphatic rings. The summed E-state index contributed by atoms with van der Waals surface area (Å²) in [5, 5.41) is 7.61. The lowest BCUT2D eigenvalue weighted by atomic mass is 10.2. The van der Waals surface area contributed by atoms with Crippen LogP contribution in [0.5, 0.6) is 0 Å². The number of carbonyl (C=O) groups is 1. The second-order valence-electron chi connectivity index (χ2n) is 3.57. The maximum Gasteiger partial charge on any atom is 0.251 e. The third-order valence-electron chi connectivity index (χ3n) is 2.16. The number of rotatable bonds is 4. The Kier molecular flexibility index (Phi) is 4.03. The van der Waals surface area contributed by atoms with E-state index in [2.05, 4.69) is 11.9 Å². The number of carbonyl (C=O) groups excluding carboxylic acids is 1. The first-order valence-electron chi connectivity index (χ1n) is 4.91. The Bertz CT molecular complexity index is 520. The molecule has 0 heterocycles. The zero-order valence-electron chi connectivity index (χ0n) is 9.38. The van der Waals surface area contributed by atoms with Gasteiger partial charge in [-0.15, -0.1) is 6.58 Å². The highest BCUT2D eigenvalue weighted by molar-refractivity contribution is 7.89. The lowest BCUT2D eigenvalue weighted by Gasteiger charge is -2.09. The van der Waals surface area contributed by atoms with Gasteiger partial charge in [0.1, 0.15) is 0 Å². The Morgan fingerprint density at radius 2 is 1.94 bits per heavy atom. The van der Waals surface area contributed by atoms with Gasteiger partial charge in [-0.1, -0.05) is 6.08 Å². The fourth-order valence-corrected chi connectivity index (χ4v) is 1.66. The molecule has 0 saturated carbocycles. The van der Waals surface area contributed by atoms with Crippen LogP contribution in [0.3, 0.4) is 0 Å². The topological polar surface area (TPSA) is 89.3 Å². The normalized spacial score (nSPS) is 12.8. The third kappa shape index (κ3) is 3.69. The van der Waals surface area contributed by atoms with E-state index >= 15 is 0 Å². The van der Waals surface area contributed by atoms with Gasteiger partial charge in [0.05, 0.1) is 4.90 Å². The van der Waals surface area contributed by atoms with Gasteiger partial charge in [-0.25, -0.2) is 13.6 Å². The first-order chi connectivity index (χ1) is 7.84. The smallest absolute Gasteiger partial charge is 0.251 e. The summed E-state index contributed by atoms with van der Waals surface area (Å²) in [7, 11) is -3.72. The second kappa shape index (κ2) is 5.11. The van der Waals surface area contributed by atoms with Crippen LogP contribution < -0.4 is 10.5 Å². The van der Waals surface area contributed by atoms with Crippen LogP contribution in [-0.4, -0.2) is 20.4 Å². The minimum atomic E-state index is -3.72. The van der Waals surface area contributed by atoms with E-state index < -0.39 is 10.0 Å². The molecule has 1 amide bonds. The van der Waals surface area contributed by atoms with E-state index in [0.29, 0.717) is 5.56 Å². The maximum absolute atomic E-state index is 11.6. The first kappa shape index (κ1) is 13.4. The highest BCUT2D eigenvalue weighted by Crippen LogP contribution is 2.08. The summed E-state index contributed by atoms with van der Waals surface area (Å²) < 4.78 is 22.0. The number of primary sulfonamides is 1. The summed E-state index contributed by atoms with van der Waals surface area (Å²) in [6.45, 7) is 5.32. The van der Waals surface area contributed by atoms with Crippen molar-refractivity contribution in [2.24, 2.45) is 5.14 Å². The van der Waals surface area contributed by atoms with Gasteiger partial charge in [-0.05, 0) is 31.2 Å². The quantitative estimate of drug-likeness (QED) is 0.773. The van der Waals surface area contributed by atoms with Crippen molar-refractivity contribution < 1.29 is 13.2 Å². The molecule has 0 aliphatic heterocycles. The predicted molar refractivity (Wildman–Crippen MR) is 64.9 cm³/mol. The lowest BCUT2D eigenvalue weighted by molar-refractivity contribution is 0.0947. The summed E-state index contributed by atoms with van der Waals surface area (Å²) >= 11 is 0. The fraction of sp³-hybridized carbons (Fsp3) is 0.182. The number of hydrogen-bond acceptors (Lipinski definition) is 3. The maximum atomic E-state index is 11.6.